The van der Waals surface area contributed by atoms with Gasteiger partial charge < -0.3 is 5.32 Å². The average molecular weight is 298 g/mol. The number of carbonyl (C=O) groups excluding carboxylic acids is 1. The first-order valence-electron chi connectivity index (χ1n) is 6.86. The number of benzene rings is 1. The Balaban J connectivity index is 2.27. The molecule has 0 bridgehead atoms. The number of nitrogens with one attached hydrogen (secondary N) is 2. The van der Waals surface area contributed by atoms with Crippen LogP contribution in [0.4, 0.5) is 0 Å². The largest absolute Gasteiger partial charge is 0.351 e. The molecule has 0 heterocycles. The van der Waals surface area contributed by atoms with E-state index in [1.807, 2.05) is 6.07 Å². The van der Waals surface area contributed by atoms with Crippen LogP contribution >= 0.6 is 0 Å². The highest BCUT2D eigenvalue weighted by molar-refractivity contribution is 7.89. The zero-order valence-corrected chi connectivity index (χ0v) is 12.6. The van der Waals surface area contributed by atoms with E-state index in [2.05, 4.69) is 17.0 Å². The van der Waals surface area contributed by atoms with E-state index < -0.39 is 10.0 Å². The van der Waals surface area contributed by atoms with Crippen LogP contribution in [-0.4, -0.2) is 33.2 Å². The molecule has 0 spiro atoms. The fourth-order valence-electron chi connectivity index (χ4n) is 1.67. The minimum Gasteiger partial charge on any atom is -0.351 e. The molecule has 0 atom stereocenters. The van der Waals surface area contributed by atoms with E-state index in [-0.39, 0.29) is 18.2 Å². The summed E-state index contributed by atoms with van der Waals surface area (Å²) in [7, 11) is -3.30. The van der Waals surface area contributed by atoms with Crippen LogP contribution in [-0.2, 0) is 10.0 Å². The summed E-state index contributed by atoms with van der Waals surface area (Å²) in [6.45, 7) is 2.63. The molecule has 0 aliphatic heterocycles. The van der Waals surface area contributed by atoms with Crippen LogP contribution < -0.4 is 10.0 Å². The van der Waals surface area contributed by atoms with E-state index in [1.165, 1.54) is 0 Å². The fourth-order valence-corrected chi connectivity index (χ4v) is 2.64. The Bertz CT molecular complexity index is 500. The molecule has 20 heavy (non-hydrogen) atoms. The van der Waals surface area contributed by atoms with Crippen molar-refractivity contribution in [2.75, 3.05) is 18.8 Å². The number of hydrogen-bond donors (Lipinski definition) is 2. The summed E-state index contributed by atoms with van der Waals surface area (Å²) in [5.41, 5.74) is 0.529. The van der Waals surface area contributed by atoms with E-state index in [9.17, 15) is 13.2 Å². The smallest absolute Gasteiger partial charge is 0.251 e. The molecule has 0 saturated heterocycles. The van der Waals surface area contributed by atoms with Gasteiger partial charge in [0.25, 0.3) is 5.91 Å². The first-order chi connectivity index (χ1) is 9.55. The van der Waals surface area contributed by atoms with Crippen molar-refractivity contribution in [1.82, 2.24) is 10.0 Å². The number of rotatable bonds is 9. The van der Waals surface area contributed by atoms with Crippen molar-refractivity contribution in [1.29, 1.82) is 0 Å². The Kier molecular flexibility index (Phi) is 7.25. The van der Waals surface area contributed by atoms with Crippen LogP contribution in [0.3, 0.4) is 0 Å². The molecule has 6 heteroatoms. The quantitative estimate of drug-likeness (QED) is 0.679. The summed E-state index contributed by atoms with van der Waals surface area (Å²) in [5.74, 6) is -0.357. The molecular formula is C14H22N2O3S. The molecule has 0 fully saturated rings. The van der Waals surface area contributed by atoms with E-state index in [1.54, 1.807) is 24.3 Å². The third-order valence-electron chi connectivity index (χ3n) is 2.79. The van der Waals surface area contributed by atoms with Crippen LogP contribution in [0, 0.1) is 0 Å². The maximum absolute atomic E-state index is 11.7. The van der Waals surface area contributed by atoms with E-state index in [4.69, 9.17) is 0 Å². The Morgan fingerprint density at radius 1 is 1.10 bits per heavy atom. The molecule has 0 aliphatic carbocycles. The Morgan fingerprint density at radius 3 is 2.45 bits per heavy atom. The van der Waals surface area contributed by atoms with Crippen LogP contribution in [0.5, 0.6) is 0 Å². The molecular weight excluding hydrogens is 276 g/mol. The van der Waals surface area contributed by atoms with E-state index in [0.29, 0.717) is 12.1 Å². The molecule has 0 aromatic heterocycles. The maximum atomic E-state index is 11.7. The van der Waals surface area contributed by atoms with Crippen molar-refractivity contribution in [2.45, 2.75) is 26.2 Å². The van der Waals surface area contributed by atoms with Gasteiger partial charge in [0, 0.05) is 18.7 Å². The predicted octanol–water partition coefficient (Wildman–Crippen LogP) is 1.53. The third-order valence-corrected chi connectivity index (χ3v) is 4.18. The fraction of sp³-hybridized carbons (Fsp3) is 0.500. The van der Waals surface area contributed by atoms with Crippen LogP contribution in [0.15, 0.2) is 30.3 Å². The second-order valence-corrected chi connectivity index (χ2v) is 6.47. The molecule has 112 valence electrons. The summed E-state index contributed by atoms with van der Waals surface area (Å²) in [4.78, 5) is 11.7. The van der Waals surface area contributed by atoms with Crippen LogP contribution in [0.25, 0.3) is 0 Å². The SMILES string of the molecule is CCCCCNS(=O)(=O)CCNC(=O)c1ccccc1. The van der Waals surface area contributed by atoms with Crippen molar-refractivity contribution in [3.63, 3.8) is 0 Å². The van der Waals surface area contributed by atoms with Gasteiger partial charge in [-0.05, 0) is 18.6 Å². The van der Waals surface area contributed by atoms with Crippen molar-refractivity contribution in [2.24, 2.45) is 0 Å². The molecule has 0 unspecified atom stereocenters. The minimum absolute atomic E-state index is 0.0995. The van der Waals surface area contributed by atoms with Crippen LogP contribution in [0.2, 0.25) is 0 Å². The normalized spacial score (nSPS) is 11.2. The van der Waals surface area contributed by atoms with Gasteiger partial charge in [-0.25, -0.2) is 13.1 Å². The van der Waals surface area contributed by atoms with Gasteiger partial charge in [-0.1, -0.05) is 38.0 Å². The lowest BCUT2D eigenvalue weighted by Crippen LogP contribution is -2.34. The van der Waals surface area contributed by atoms with E-state index in [0.717, 1.165) is 19.3 Å². The Labute approximate surface area is 120 Å². The highest BCUT2D eigenvalue weighted by Gasteiger charge is 2.10. The topological polar surface area (TPSA) is 75.3 Å². The second-order valence-electron chi connectivity index (χ2n) is 4.54. The van der Waals surface area contributed by atoms with Crippen LogP contribution in [0.1, 0.15) is 36.5 Å². The third kappa shape index (κ3) is 6.68. The maximum Gasteiger partial charge on any atom is 0.251 e. The molecule has 2 N–H and O–H groups in total. The monoisotopic (exact) mass is 298 g/mol. The number of unbranched alkanes of at least 4 members (excludes halogenated alkanes) is 2. The first-order valence-corrected chi connectivity index (χ1v) is 8.51. The molecule has 0 saturated carbocycles. The molecule has 0 radical (unpaired) electrons. The number of amides is 1. The molecule has 1 aromatic carbocycles. The minimum atomic E-state index is -3.30. The zero-order valence-electron chi connectivity index (χ0n) is 11.8. The lowest BCUT2D eigenvalue weighted by Gasteiger charge is -2.07. The Morgan fingerprint density at radius 2 is 1.80 bits per heavy atom. The van der Waals surface area contributed by atoms with Gasteiger partial charge in [-0.2, -0.15) is 0 Å². The summed E-state index contributed by atoms with van der Waals surface area (Å²) < 4.78 is 25.8. The molecule has 0 aliphatic rings. The summed E-state index contributed by atoms with van der Waals surface area (Å²) >= 11 is 0. The summed E-state index contributed by atoms with van der Waals surface area (Å²) in [6.07, 6.45) is 2.90. The predicted molar refractivity (Wildman–Crippen MR) is 80.1 cm³/mol. The van der Waals surface area contributed by atoms with Gasteiger partial charge in [0.2, 0.25) is 10.0 Å². The van der Waals surface area contributed by atoms with Gasteiger partial charge in [-0.3, -0.25) is 4.79 Å². The molecule has 1 amide bonds. The lowest BCUT2D eigenvalue weighted by molar-refractivity contribution is 0.0956. The van der Waals surface area contributed by atoms with Gasteiger partial charge >= 0.3 is 0 Å². The number of carbonyl (C=O) groups is 1. The molecule has 1 aromatic rings. The molecule has 1 rings (SSSR count). The number of sulfonamides is 1. The van der Waals surface area contributed by atoms with E-state index >= 15 is 0 Å². The average Bonchev–Trinajstić information content (AvgIpc) is 2.44. The Hall–Kier alpha value is -1.40. The first kappa shape index (κ1) is 16.7. The lowest BCUT2D eigenvalue weighted by atomic mass is 10.2. The van der Waals surface area contributed by atoms with Crippen molar-refractivity contribution in [3.05, 3.63) is 35.9 Å². The highest BCUT2D eigenvalue weighted by atomic mass is 32.2. The van der Waals surface area contributed by atoms with Crippen molar-refractivity contribution >= 4 is 15.9 Å². The summed E-state index contributed by atoms with van der Waals surface area (Å²) in [6, 6.07) is 8.73. The highest BCUT2D eigenvalue weighted by Crippen LogP contribution is 1.97. The van der Waals surface area contributed by atoms with Gasteiger partial charge in [0.1, 0.15) is 0 Å². The molecule has 5 nitrogen and oxygen atoms in total. The van der Waals surface area contributed by atoms with Gasteiger partial charge in [0.05, 0.1) is 5.75 Å². The van der Waals surface area contributed by atoms with Gasteiger partial charge in [-0.15, -0.1) is 0 Å². The second kappa shape index (κ2) is 8.71. The van der Waals surface area contributed by atoms with Gasteiger partial charge in [0.15, 0.2) is 0 Å². The van der Waals surface area contributed by atoms with Crippen molar-refractivity contribution < 1.29 is 13.2 Å². The standard InChI is InChI=1S/C14H22N2O3S/c1-2-3-7-10-16-20(18,19)12-11-15-14(17)13-8-5-4-6-9-13/h4-6,8-9,16H,2-3,7,10-12H2,1H3,(H,15,17). The zero-order chi connectivity index (χ0) is 14.8. The van der Waals surface area contributed by atoms with Crippen molar-refractivity contribution in [3.8, 4) is 0 Å². The summed E-state index contributed by atoms with van der Waals surface area (Å²) in [5, 5.41) is 2.60. The number of hydrogen-bond acceptors (Lipinski definition) is 3.